The number of hydrogen-bond donors (Lipinski definition) is 0. The van der Waals surface area contributed by atoms with Crippen molar-refractivity contribution >= 4 is 0 Å². The summed E-state index contributed by atoms with van der Waals surface area (Å²) in [5.74, 6) is 0. The third kappa shape index (κ3) is 0.361. The molecule has 1 nitrogen and oxygen atoms in total. The lowest BCUT2D eigenvalue weighted by Crippen LogP contribution is -1.75. The highest BCUT2D eigenvalue weighted by Gasteiger charge is 2.01. The van der Waals surface area contributed by atoms with Crippen molar-refractivity contribution in [2.75, 3.05) is 0 Å². The zero-order chi connectivity index (χ0) is 4.57. The lowest BCUT2D eigenvalue weighted by atomic mass is 10.4. The molecule has 1 rings (SSSR count). The van der Waals surface area contributed by atoms with Gasteiger partial charge in [-0.2, -0.15) is 0 Å². The molecule has 1 aromatic rings. The minimum Gasteiger partial charge on any atom is -0.290 e. The Labute approximate surface area is 36.3 Å². The van der Waals surface area contributed by atoms with Crippen molar-refractivity contribution in [3.05, 3.63) is 21.9 Å². The largest absolute Gasteiger partial charge is 0.290 e. The third-order valence-corrected chi connectivity index (χ3v) is 0.919. The first-order chi connectivity index (χ1) is 2.84. The summed E-state index contributed by atoms with van der Waals surface area (Å²) in [5, 5.41) is 0. The minimum atomic E-state index is 0.248. The Hall–Kier alpha value is -0.590. The summed E-state index contributed by atoms with van der Waals surface area (Å²) in [6.07, 6.45) is 0.916. The summed E-state index contributed by atoms with van der Waals surface area (Å²) in [5.41, 5.74) is 1.24. The highest BCUT2D eigenvalue weighted by molar-refractivity contribution is 5.22. The van der Waals surface area contributed by atoms with E-state index >= 15 is 0 Å². The number of hydrogen-bond acceptors (Lipinski definition) is 1. The predicted molar refractivity (Wildman–Crippen MR) is 24.5 cm³/mol. The Kier molecular flexibility index (Phi) is 0.560. The van der Waals surface area contributed by atoms with Crippen LogP contribution in [-0.2, 0) is 6.42 Å². The molecule has 0 bridgehead atoms. The van der Waals surface area contributed by atoms with E-state index in [4.69, 9.17) is 0 Å². The fourth-order valence-electron chi connectivity index (χ4n) is 0.398. The summed E-state index contributed by atoms with van der Waals surface area (Å²) >= 11 is 0. The first-order valence-corrected chi connectivity index (χ1v) is 2.09. The van der Waals surface area contributed by atoms with E-state index in [1.54, 1.807) is 6.07 Å². The molecule has 0 amide bonds. The summed E-state index contributed by atoms with van der Waals surface area (Å²) < 4.78 is 0. The minimum absolute atomic E-state index is 0.248. The second-order valence-corrected chi connectivity index (χ2v) is 1.39. The molecule has 32 valence electrons. The van der Waals surface area contributed by atoms with E-state index in [1.807, 2.05) is 6.92 Å². The molecule has 0 unspecified atom stereocenters. The molecule has 0 atom stereocenters. The van der Waals surface area contributed by atoms with Crippen LogP contribution in [0.4, 0.5) is 0 Å². The standard InChI is InChI=1S/C5H6O/c1-2-4-3-5(4)6/h3H,2H2,1H3. The molecule has 0 aliphatic carbocycles. The second kappa shape index (κ2) is 0.934. The lowest BCUT2D eigenvalue weighted by Gasteiger charge is -1.62. The van der Waals surface area contributed by atoms with Gasteiger partial charge >= 0.3 is 0 Å². The Bertz CT molecular complexity index is 146. The van der Waals surface area contributed by atoms with Gasteiger partial charge in [0.15, 0.2) is 5.43 Å². The van der Waals surface area contributed by atoms with Gasteiger partial charge in [0.25, 0.3) is 0 Å². The van der Waals surface area contributed by atoms with Gasteiger partial charge in [0.2, 0.25) is 0 Å². The molecule has 0 fully saturated rings. The van der Waals surface area contributed by atoms with E-state index in [0.29, 0.717) is 0 Å². The first kappa shape index (κ1) is 3.59. The molecule has 0 heterocycles. The SMILES string of the molecule is CCc1cc1=O. The van der Waals surface area contributed by atoms with Crippen molar-refractivity contribution in [2.45, 2.75) is 13.3 Å². The average molecular weight is 82.1 g/mol. The summed E-state index contributed by atoms with van der Waals surface area (Å²) in [4.78, 5) is 10.0. The Morgan fingerprint density at radius 1 is 1.83 bits per heavy atom. The highest BCUT2D eigenvalue weighted by atomic mass is 16.1. The summed E-state index contributed by atoms with van der Waals surface area (Å²) in [6, 6.07) is 1.67. The molecular weight excluding hydrogens is 76.1 g/mol. The second-order valence-electron chi connectivity index (χ2n) is 1.39. The van der Waals surface area contributed by atoms with E-state index in [1.165, 1.54) is 0 Å². The van der Waals surface area contributed by atoms with Crippen LogP contribution in [0.25, 0.3) is 0 Å². The third-order valence-electron chi connectivity index (χ3n) is 0.919. The Morgan fingerprint density at radius 3 is 2.33 bits per heavy atom. The van der Waals surface area contributed by atoms with Crippen LogP contribution >= 0.6 is 0 Å². The van der Waals surface area contributed by atoms with E-state index in [-0.39, 0.29) is 5.43 Å². The smallest absolute Gasteiger partial charge is 0.182 e. The zero-order valence-corrected chi connectivity index (χ0v) is 3.69. The van der Waals surface area contributed by atoms with Crippen molar-refractivity contribution in [3.8, 4) is 0 Å². The molecule has 0 spiro atoms. The highest BCUT2D eigenvalue weighted by Crippen LogP contribution is 1.92. The number of rotatable bonds is 1. The van der Waals surface area contributed by atoms with Crippen LogP contribution in [0, 0.1) is 0 Å². The maximum atomic E-state index is 10.0. The van der Waals surface area contributed by atoms with Crippen LogP contribution in [0.1, 0.15) is 12.5 Å². The van der Waals surface area contributed by atoms with Gasteiger partial charge in [0.1, 0.15) is 0 Å². The molecule has 0 aromatic heterocycles. The zero-order valence-electron chi connectivity index (χ0n) is 3.69. The molecule has 0 saturated heterocycles. The normalized spacial score (nSPS) is 10.2. The van der Waals surface area contributed by atoms with Gasteiger partial charge in [0.05, 0.1) is 0 Å². The molecule has 0 aliphatic heterocycles. The monoisotopic (exact) mass is 82.0 g/mol. The van der Waals surface area contributed by atoms with Gasteiger partial charge in [-0.3, -0.25) is 4.79 Å². The van der Waals surface area contributed by atoms with Crippen LogP contribution in [0.3, 0.4) is 0 Å². The van der Waals surface area contributed by atoms with Gasteiger partial charge in [-0.05, 0) is 12.5 Å². The van der Waals surface area contributed by atoms with Crippen LogP contribution in [0.5, 0.6) is 0 Å². The van der Waals surface area contributed by atoms with Gasteiger partial charge in [0, 0.05) is 5.56 Å². The molecule has 0 N–H and O–H groups in total. The fourth-order valence-corrected chi connectivity index (χ4v) is 0.398. The topological polar surface area (TPSA) is 17.1 Å². The maximum absolute atomic E-state index is 10.0. The van der Waals surface area contributed by atoms with E-state index in [0.717, 1.165) is 12.0 Å². The van der Waals surface area contributed by atoms with Gasteiger partial charge in [-0.1, -0.05) is 6.92 Å². The first-order valence-electron chi connectivity index (χ1n) is 2.09. The van der Waals surface area contributed by atoms with Crippen molar-refractivity contribution < 1.29 is 0 Å². The van der Waals surface area contributed by atoms with Crippen molar-refractivity contribution in [3.63, 3.8) is 0 Å². The van der Waals surface area contributed by atoms with Crippen LogP contribution in [0.15, 0.2) is 10.9 Å². The van der Waals surface area contributed by atoms with Crippen molar-refractivity contribution in [1.29, 1.82) is 0 Å². The molecule has 0 aliphatic rings. The average Bonchev–Trinajstić information content (AvgIpc) is 2.19. The Balaban J connectivity index is 2.68. The maximum Gasteiger partial charge on any atom is 0.182 e. The molecule has 6 heavy (non-hydrogen) atoms. The lowest BCUT2D eigenvalue weighted by molar-refractivity contribution is 1.18. The summed E-state index contributed by atoms with van der Waals surface area (Å²) in [7, 11) is 0. The van der Waals surface area contributed by atoms with Crippen molar-refractivity contribution in [2.24, 2.45) is 0 Å². The van der Waals surface area contributed by atoms with Gasteiger partial charge in [-0.15, -0.1) is 0 Å². The van der Waals surface area contributed by atoms with E-state index < -0.39 is 0 Å². The molecule has 1 heteroatoms. The fraction of sp³-hybridized carbons (Fsp3) is 0.400. The van der Waals surface area contributed by atoms with Crippen LogP contribution in [-0.4, -0.2) is 0 Å². The molecule has 1 aromatic carbocycles. The quantitative estimate of drug-likeness (QED) is 0.481. The molecule has 0 radical (unpaired) electrons. The van der Waals surface area contributed by atoms with Crippen molar-refractivity contribution in [1.82, 2.24) is 0 Å². The summed E-state index contributed by atoms with van der Waals surface area (Å²) in [6.45, 7) is 1.98. The number of aryl methyl sites for hydroxylation is 1. The van der Waals surface area contributed by atoms with E-state index in [2.05, 4.69) is 0 Å². The van der Waals surface area contributed by atoms with Crippen LogP contribution < -0.4 is 5.43 Å². The molecular formula is C5H6O. The van der Waals surface area contributed by atoms with Gasteiger partial charge < -0.3 is 0 Å². The Morgan fingerprint density at radius 2 is 2.33 bits per heavy atom. The van der Waals surface area contributed by atoms with Gasteiger partial charge in [-0.25, -0.2) is 0 Å². The van der Waals surface area contributed by atoms with Crippen LogP contribution in [0.2, 0.25) is 0 Å². The van der Waals surface area contributed by atoms with E-state index in [9.17, 15) is 4.79 Å². The molecule has 0 saturated carbocycles. The predicted octanol–water partition coefficient (Wildman–Crippen LogP) is 0.485.